The summed E-state index contributed by atoms with van der Waals surface area (Å²) in [7, 11) is 0. The van der Waals surface area contributed by atoms with Crippen molar-refractivity contribution < 1.29 is 9.05 Å². The van der Waals surface area contributed by atoms with E-state index in [2.05, 4.69) is 15.3 Å². The van der Waals surface area contributed by atoms with Crippen LogP contribution in [-0.4, -0.2) is 15.3 Å². The minimum atomic E-state index is -0.113. The summed E-state index contributed by atoms with van der Waals surface area (Å²) in [5, 5.41) is 7.56. The summed E-state index contributed by atoms with van der Waals surface area (Å²) < 4.78 is 10.1. The van der Waals surface area contributed by atoms with E-state index in [4.69, 9.17) is 14.8 Å². The van der Waals surface area contributed by atoms with Crippen LogP contribution in [0.2, 0.25) is 0 Å². The smallest absolute Gasteiger partial charge is 0.263 e. The summed E-state index contributed by atoms with van der Waals surface area (Å²) in [6.07, 6.45) is 3.87. The van der Waals surface area contributed by atoms with Gasteiger partial charge in [-0.1, -0.05) is 10.3 Å². The van der Waals surface area contributed by atoms with Gasteiger partial charge in [0.15, 0.2) is 5.82 Å². The quantitative estimate of drug-likeness (QED) is 0.841. The van der Waals surface area contributed by atoms with Gasteiger partial charge in [0.25, 0.3) is 5.89 Å². The van der Waals surface area contributed by atoms with Crippen LogP contribution in [0.5, 0.6) is 0 Å². The van der Waals surface area contributed by atoms with E-state index in [1.165, 1.54) is 0 Å². The predicted octanol–water partition coefficient (Wildman–Crippen LogP) is 1.44. The van der Waals surface area contributed by atoms with Crippen LogP contribution in [-0.2, 0) is 0 Å². The zero-order chi connectivity index (χ0) is 11.1. The molecule has 84 valence electrons. The van der Waals surface area contributed by atoms with Crippen molar-refractivity contribution in [1.82, 2.24) is 15.3 Å². The van der Waals surface area contributed by atoms with E-state index in [1.807, 2.05) is 0 Å². The first-order valence-electron chi connectivity index (χ1n) is 5.26. The molecule has 2 heterocycles. The molecule has 2 aromatic rings. The standard InChI is InChI=1S/C10H12N4O2/c1-5-7(4-12-15-5)10-13-9(14-16-10)8(11)6-2-3-6/h4,6,8H,2-3,11H2,1H3. The number of nitrogens with zero attached hydrogens (tertiary/aromatic N) is 3. The van der Waals surface area contributed by atoms with Crippen LogP contribution in [0.1, 0.15) is 30.5 Å². The lowest BCUT2D eigenvalue weighted by Gasteiger charge is -2.01. The monoisotopic (exact) mass is 220 g/mol. The molecule has 1 aliphatic carbocycles. The van der Waals surface area contributed by atoms with E-state index in [9.17, 15) is 0 Å². The van der Waals surface area contributed by atoms with Crippen LogP contribution in [0.4, 0.5) is 0 Å². The maximum absolute atomic E-state index is 5.98. The first-order chi connectivity index (χ1) is 7.75. The summed E-state index contributed by atoms with van der Waals surface area (Å²) in [6.45, 7) is 1.80. The maximum Gasteiger partial charge on any atom is 0.263 e. The Kier molecular flexibility index (Phi) is 2.03. The van der Waals surface area contributed by atoms with E-state index in [-0.39, 0.29) is 6.04 Å². The SMILES string of the molecule is Cc1oncc1-c1nc(C(N)C2CC2)no1. The highest BCUT2D eigenvalue weighted by Gasteiger charge is 2.32. The van der Waals surface area contributed by atoms with Crippen molar-refractivity contribution in [3.05, 3.63) is 17.8 Å². The van der Waals surface area contributed by atoms with Gasteiger partial charge in [-0.15, -0.1) is 0 Å². The highest BCUT2D eigenvalue weighted by atomic mass is 16.5. The van der Waals surface area contributed by atoms with Gasteiger partial charge >= 0.3 is 0 Å². The Balaban J connectivity index is 1.90. The summed E-state index contributed by atoms with van der Waals surface area (Å²) in [5.41, 5.74) is 6.70. The van der Waals surface area contributed by atoms with Crippen LogP contribution in [0.25, 0.3) is 11.5 Å². The van der Waals surface area contributed by atoms with Crippen LogP contribution in [0.15, 0.2) is 15.2 Å². The number of hydrogen-bond donors (Lipinski definition) is 1. The average molecular weight is 220 g/mol. The predicted molar refractivity (Wildman–Crippen MR) is 54.2 cm³/mol. The fourth-order valence-corrected chi connectivity index (χ4v) is 1.65. The summed E-state index contributed by atoms with van der Waals surface area (Å²) in [5.74, 6) is 2.16. The molecule has 2 aromatic heterocycles. The lowest BCUT2D eigenvalue weighted by atomic mass is 10.2. The fourth-order valence-electron chi connectivity index (χ4n) is 1.65. The zero-order valence-electron chi connectivity index (χ0n) is 8.88. The van der Waals surface area contributed by atoms with Gasteiger partial charge in [0, 0.05) is 0 Å². The largest absolute Gasteiger partial charge is 0.361 e. The van der Waals surface area contributed by atoms with Crippen LogP contribution in [0, 0.1) is 12.8 Å². The molecular weight excluding hydrogens is 208 g/mol. The highest BCUT2D eigenvalue weighted by molar-refractivity contribution is 5.53. The van der Waals surface area contributed by atoms with Crippen molar-refractivity contribution in [2.24, 2.45) is 11.7 Å². The van der Waals surface area contributed by atoms with Gasteiger partial charge in [0.1, 0.15) is 11.3 Å². The van der Waals surface area contributed by atoms with Crippen LogP contribution in [0.3, 0.4) is 0 Å². The second-order valence-corrected chi connectivity index (χ2v) is 4.12. The Bertz CT molecular complexity index is 500. The maximum atomic E-state index is 5.98. The molecule has 0 amide bonds. The molecule has 6 nitrogen and oxygen atoms in total. The second-order valence-electron chi connectivity index (χ2n) is 4.12. The van der Waals surface area contributed by atoms with Crippen molar-refractivity contribution >= 4 is 0 Å². The van der Waals surface area contributed by atoms with Gasteiger partial charge in [-0.3, -0.25) is 0 Å². The van der Waals surface area contributed by atoms with E-state index < -0.39 is 0 Å². The fraction of sp³-hybridized carbons (Fsp3) is 0.500. The van der Waals surface area contributed by atoms with Crippen molar-refractivity contribution in [2.45, 2.75) is 25.8 Å². The van der Waals surface area contributed by atoms with Crippen molar-refractivity contribution in [3.8, 4) is 11.5 Å². The van der Waals surface area contributed by atoms with E-state index in [1.54, 1.807) is 13.1 Å². The molecular formula is C10H12N4O2. The van der Waals surface area contributed by atoms with Gasteiger partial charge in [-0.25, -0.2) is 0 Å². The molecule has 1 fully saturated rings. The van der Waals surface area contributed by atoms with Crippen LogP contribution < -0.4 is 5.73 Å². The van der Waals surface area contributed by atoms with Crippen molar-refractivity contribution in [3.63, 3.8) is 0 Å². The molecule has 0 saturated heterocycles. The van der Waals surface area contributed by atoms with Gasteiger partial charge in [0.05, 0.1) is 12.2 Å². The lowest BCUT2D eigenvalue weighted by molar-refractivity contribution is 0.394. The molecule has 2 N–H and O–H groups in total. The molecule has 6 heteroatoms. The molecule has 1 atom stereocenters. The number of rotatable bonds is 3. The second kappa shape index (κ2) is 3.41. The third-order valence-electron chi connectivity index (χ3n) is 2.85. The molecule has 0 aliphatic heterocycles. The molecule has 1 aliphatic rings. The van der Waals surface area contributed by atoms with Gasteiger partial charge < -0.3 is 14.8 Å². The first-order valence-corrected chi connectivity index (χ1v) is 5.26. The zero-order valence-corrected chi connectivity index (χ0v) is 8.88. The molecule has 0 bridgehead atoms. The third kappa shape index (κ3) is 1.51. The third-order valence-corrected chi connectivity index (χ3v) is 2.85. The Morgan fingerprint density at radius 3 is 2.88 bits per heavy atom. The minimum Gasteiger partial charge on any atom is -0.361 e. The summed E-state index contributed by atoms with van der Waals surface area (Å²) in [6, 6.07) is -0.113. The molecule has 1 unspecified atom stereocenters. The number of aryl methyl sites for hydroxylation is 1. The summed E-state index contributed by atoms with van der Waals surface area (Å²) in [4.78, 5) is 4.27. The van der Waals surface area contributed by atoms with Crippen molar-refractivity contribution in [2.75, 3.05) is 0 Å². The Morgan fingerprint density at radius 2 is 2.25 bits per heavy atom. The van der Waals surface area contributed by atoms with E-state index in [0.29, 0.717) is 23.4 Å². The Morgan fingerprint density at radius 1 is 1.44 bits per heavy atom. The first kappa shape index (κ1) is 9.53. The number of hydrogen-bond acceptors (Lipinski definition) is 6. The van der Waals surface area contributed by atoms with E-state index >= 15 is 0 Å². The highest BCUT2D eigenvalue weighted by Crippen LogP contribution is 2.38. The van der Waals surface area contributed by atoms with Gasteiger partial charge in [-0.05, 0) is 25.7 Å². The molecule has 3 rings (SSSR count). The molecule has 0 spiro atoms. The topological polar surface area (TPSA) is 91.0 Å². The molecule has 0 aromatic carbocycles. The Hall–Kier alpha value is -1.69. The molecule has 16 heavy (non-hydrogen) atoms. The van der Waals surface area contributed by atoms with Crippen LogP contribution >= 0.6 is 0 Å². The normalized spacial score (nSPS) is 17.6. The number of nitrogens with two attached hydrogens (primary N) is 1. The van der Waals surface area contributed by atoms with E-state index in [0.717, 1.165) is 18.4 Å². The summed E-state index contributed by atoms with van der Waals surface area (Å²) >= 11 is 0. The van der Waals surface area contributed by atoms with Gasteiger partial charge in [-0.2, -0.15) is 4.98 Å². The number of aromatic nitrogens is 3. The minimum absolute atomic E-state index is 0.113. The van der Waals surface area contributed by atoms with Crippen molar-refractivity contribution in [1.29, 1.82) is 0 Å². The molecule has 0 radical (unpaired) electrons. The Labute approximate surface area is 91.8 Å². The molecule has 1 saturated carbocycles. The average Bonchev–Trinajstić information content (AvgIpc) is 2.86. The van der Waals surface area contributed by atoms with Gasteiger partial charge in [0.2, 0.25) is 0 Å². The lowest BCUT2D eigenvalue weighted by Crippen LogP contribution is -2.13.